The van der Waals surface area contributed by atoms with E-state index >= 15 is 0 Å². The molecule has 1 amide bonds. The standard InChI is InChI=1S/C15H17NO5/c17-8-6-16(7-9-18)14(19)13-12(10-21-15(13)20)11-4-2-1-3-5-11/h1-5,17-18H,6-10H2. The average molecular weight is 291 g/mol. The fraction of sp³-hybridized carbons (Fsp3) is 0.333. The second-order valence-corrected chi connectivity index (χ2v) is 4.54. The topological polar surface area (TPSA) is 87.1 Å². The molecule has 0 aromatic heterocycles. The first kappa shape index (κ1) is 15.2. The minimum Gasteiger partial charge on any atom is -0.457 e. The van der Waals surface area contributed by atoms with Crippen LogP contribution in [0.25, 0.3) is 5.57 Å². The van der Waals surface area contributed by atoms with E-state index < -0.39 is 11.9 Å². The van der Waals surface area contributed by atoms with Gasteiger partial charge in [-0.2, -0.15) is 0 Å². The van der Waals surface area contributed by atoms with E-state index in [0.29, 0.717) is 5.57 Å². The summed E-state index contributed by atoms with van der Waals surface area (Å²) in [5.41, 5.74) is 1.26. The summed E-state index contributed by atoms with van der Waals surface area (Å²) < 4.78 is 4.97. The molecule has 112 valence electrons. The highest BCUT2D eigenvalue weighted by Gasteiger charge is 2.33. The van der Waals surface area contributed by atoms with Gasteiger partial charge in [-0.15, -0.1) is 0 Å². The highest BCUT2D eigenvalue weighted by Crippen LogP contribution is 2.27. The third kappa shape index (κ3) is 3.29. The van der Waals surface area contributed by atoms with Crippen LogP contribution in [0.3, 0.4) is 0 Å². The smallest absolute Gasteiger partial charge is 0.344 e. The zero-order valence-electron chi connectivity index (χ0n) is 11.5. The quantitative estimate of drug-likeness (QED) is 0.560. The molecule has 1 aromatic rings. The van der Waals surface area contributed by atoms with Gasteiger partial charge >= 0.3 is 5.97 Å². The number of ether oxygens (including phenoxy) is 1. The van der Waals surface area contributed by atoms with Crippen LogP contribution in [-0.4, -0.2) is 59.9 Å². The number of aliphatic hydroxyl groups is 2. The van der Waals surface area contributed by atoms with Gasteiger partial charge < -0.3 is 19.8 Å². The van der Waals surface area contributed by atoms with Crippen LogP contribution in [0.5, 0.6) is 0 Å². The Morgan fingerprint density at radius 2 is 1.76 bits per heavy atom. The Bertz CT molecular complexity index is 546. The van der Waals surface area contributed by atoms with Gasteiger partial charge in [0, 0.05) is 18.7 Å². The van der Waals surface area contributed by atoms with Crippen molar-refractivity contribution in [1.29, 1.82) is 0 Å². The van der Waals surface area contributed by atoms with Gasteiger partial charge in [-0.1, -0.05) is 30.3 Å². The Morgan fingerprint density at radius 3 is 2.33 bits per heavy atom. The highest BCUT2D eigenvalue weighted by molar-refractivity contribution is 6.23. The third-order valence-corrected chi connectivity index (χ3v) is 3.22. The number of cyclic esters (lactones) is 1. The second kappa shape index (κ2) is 7.01. The Labute approximate surface area is 122 Å². The molecule has 0 fully saturated rings. The summed E-state index contributed by atoms with van der Waals surface area (Å²) in [5.74, 6) is -1.20. The average Bonchev–Trinajstić information content (AvgIpc) is 2.89. The molecule has 0 saturated heterocycles. The van der Waals surface area contributed by atoms with E-state index in [4.69, 9.17) is 14.9 Å². The summed E-state index contributed by atoms with van der Waals surface area (Å²) >= 11 is 0. The Morgan fingerprint density at radius 1 is 1.14 bits per heavy atom. The molecule has 0 unspecified atom stereocenters. The molecule has 0 saturated carbocycles. The van der Waals surface area contributed by atoms with Crippen molar-refractivity contribution >= 4 is 17.4 Å². The van der Waals surface area contributed by atoms with Gasteiger partial charge in [0.2, 0.25) is 0 Å². The van der Waals surface area contributed by atoms with E-state index in [2.05, 4.69) is 0 Å². The maximum atomic E-state index is 12.5. The van der Waals surface area contributed by atoms with Crippen LogP contribution in [0.15, 0.2) is 35.9 Å². The van der Waals surface area contributed by atoms with E-state index in [-0.39, 0.29) is 38.5 Å². The molecule has 1 aliphatic rings. The van der Waals surface area contributed by atoms with Gasteiger partial charge in [0.05, 0.1) is 13.2 Å². The monoisotopic (exact) mass is 291 g/mol. The summed E-state index contributed by atoms with van der Waals surface area (Å²) in [7, 11) is 0. The Kier molecular flexibility index (Phi) is 5.08. The fourth-order valence-corrected chi connectivity index (χ4v) is 2.20. The van der Waals surface area contributed by atoms with Gasteiger partial charge in [0.25, 0.3) is 5.91 Å². The first-order valence-corrected chi connectivity index (χ1v) is 6.65. The normalized spacial score (nSPS) is 14.3. The second-order valence-electron chi connectivity index (χ2n) is 4.54. The first-order valence-electron chi connectivity index (χ1n) is 6.65. The number of amides is 1. The molecular formula is C15H17NO5. The lowest BCUT2D eigenvalue weighted by molar-refractivity contribution is -0.139. The van der Waals surface area contributed by atoms with Gasteiger partial charge in [-0.05, 0) is 5.56 Å². The maximum Gasteiger partial charge on any atom is 0.344 e. The molecule has 1 aromatic carbocycles. The van der Waals surface area contributed by atoms with E-state index in [1.54, 1.807) is 12.1 Å². The Balaban J connectivity index is 2.36. The van der Waals surface area contributed by atoms with Crippen molar-refractivity contribution in [3.8, 4) is 0 Å². The number of aliphatic hydroxyl groups excluding tert-OH is 2. The minimum atomic E-state index is -0.667. The molecule has 21 heavy (non-hydrogen) atoms. The molecule has 1 heterocycles. The zero-order valence-corrected chi connectivity index (χ0v) is 11.5. The summed E-state index contributed by atoms with van der Waals surface area (Å²) in [6.07, 6.45) is 0. The molecule has 2 N–H and O–H groups in total. The molecule has 2 rings (SSSR count). The summed E-state index contributed by atoms with van der Waals surface area (Å²) in [4.78, 5) is 25.6. The lowest BCUT2D eigenvalue weighted by Gasteiger charge is -2.20. The van der Waals surface area contributed by atoms with Crippen molar-refractivity contribution in [3.05, 3.63) is 41.5 Å². The number of rotatable bonds is 6. The van der Waals surface area contributed by atoms with Crippen LogP contribution in [-0.2, 0) is 14.3 Å². The molecule has 0 aliphatic carbocycles. The summed E-state index contributed by atoms with van der Waals surface area (Å²) in [6.45, 7) is -0.323. The number of hydrogen-bond acceptors (Lipinski definition) is 5. The predicted octanol–water partition coefficient (Wildman–Crippen LogP) is -0.190. The molecule has 0 atom stereocenters. The van der Waals surface area contributed by atoms with Crippen molar-refractivity contribution in [2.24, 2.45) is 0 Å². The summed E-state index contributed by atoms with van der Waals surface area (Å²) in [5, 5.41) is 18.0. The number of carbonyl (C=O) groups is 2. The number of benzene rings is 1. The SMILES string of the molecule is O=C1OCC(c2ccccc2)=C1C(=O)N(CCO)CCO. The third-order valence-electron chi connectivity index (χ3n) is 3.22. The molecule has 6 heteroatoms. The van der Waals surface area contributed by atoms with Crippen LogP contribution in [0.1, 0.15) is 5.56 Å². The fourth-order valence-electron chi connectivity index (χ4n) is 2.20. The summed E-state index contributed by atoms with van der Waals surface area (Å²) in [6, 6.07) is 9.06. The van der Waals surface area contributed by atoms with E-state index in [0.717, 1.165) is 5.56 Å². The Hall–Kier alpha value is -2.18. The molecule has 6 nitrogen and oxygen atoms in total. The number of esters is 1. The number of hydrogen-bond donors (Lipinski definition) is 2. The first-order chi connectivity index (χ1) is 10.2. The zero-order chi connectivity index (χ0) is 15.2. The van der Waals surface area contributed by atoms with Crippen LogP contribution in [0.2, 0.25) is 0 Å². The van der Waals surface area contributed by atoms with Crippen molar-refractivity contribution in [2.75, 3.05) is 32.9 Å². The van der Waals surface area contributed by atoms with Crippen LogP contribution < -0.4 is 0 Å². The number of carbonyl (C=O) groups excluding carboxylic acids is 2. The van der Waals surface area contributed by atoms with Gasteiger partial charge in [0.1, 0.15) is 12.2 Å². The molecule has 1 aliphatic heterocycles. The highest BCUT2D eigenvalue weighted by atomic mass is 16.5. The van der Waals surface area contributed by atoms with Gasteiger partial charge in [-0.3, -0.25) is 4.79 Å². The lowest BCUT2D eigenvalue weighted by Crippen LogP contribution is -2.38. The van der Waals surface area contributed by atoms with E-state index in [1.165, 1.54) is 4.90 Å². The predicted molar refractivity (Wildman–Crippen MR) is 75.1 cm³/mol. The van der Waals surface area contributed by atoms with Crippen molar-refractivity contribution in [1.82, 2.24) is 4.90 Å². The van der Waals surface area contributed by atoms with Crippen molar-refractivity contribution < 1.29 is 24.5 Å². The number of nitrogens with zero attached hydrogens (tertiary/aromatic N) is 1. The maximum absolute atomic E-state index is 12.5. The molecule has 0 spiro atoms. The van der Waals surface area contributed by atoms with Gasteiger partial charge in [0.15, 0.2) is 0 Å². The van der Waals surface area contributed by atoms with Crippen molar-refractivity contribution in [3.63, 3.8) is 0 Å². The molecular weight excluding hydrogens is 274 g/mol. The van der Waals surface area contributed by atoms with Crippen LogP contribution in [0, 0.1) is 0 Å². The molecule has 0 bridgehead atoms. The minimum absolute atomic E-state index is 0.0249. The van der Waals surface area contributed by atoms with E-state index in [1.807, 2.05) is 18.2 Å². The molecule has 0 radical (unpaired) electrons. The van der Waals surface area contributed by atoms with Crippen LogP contribution >= 0.6 is 0 Å². The van der Waals surface area contributed by atoms with Gasteiger partial charge in [-0.25, -0.2) is 4.79 Å². The lowest BCUT2D eigenvalue weighted by atomic mass is 10.0. The largest absolute Gasteiger partial charge is 0.457 e. The van der Waals surface area contributed by atoms with Crippen molar-refractivity contribution in [2.45, 2.75) is 0 Å². The van der Waals surface area contributed by atoms with Crippen LogP contribution in [0.4, 0.5) is 0 Å². The van der Waals surface area contributed by atoms with E-state index in [9.17, 15) is 9.59 Å².